The lowest BCUT2D eigenvalue weighted by molar-refractivity contribution is 0.277. The molecule has 0 saturated carbocycles. The van der Waals surface area contributed by atoms with E-state index in [0.29, 0.717) is 0 Å². The van der Waals surface area contributed by atoms with Crippen molar-refractivity contribution in [1.29, 1.82) is 0 Å². The lowest BCUT2D eigenvalue weighted by Gasteiger charge is -2.34. The molecule has 0 spiro atoms. The Morgan fingerprint density at radius 3 is 0.690 bits per heavy atom. The van der Waals surface area contributed by atoms with Crippen molar-refractivity contribution in [3.05, 3.63) is 0 Å². The minimum Gasteiger partial charge on any atom is -0.397 e. The highest BCUT2D eigenvalue weighted by atomic mass is 28.3. The van der Waals surface area contributed by atoms with Crippen molar-refractivity contribution in [2.75, 3.05) is 56.9 Å². The van der Waals surface area contributed by atoms with Gasteiger partial charge in [0.25, 0.3) is 0 Å². The van der Waals surface area contributed by atoms with Gasteiger partial charge < -0.3 is 35.4 Å². The van der Waals surface area contributed by atoms with Gasteiger partial charge in [0.1, 0.15) is 0 Å². The van der Waals surface area contributed by atoms with Crippen molar-refractivity contribution < 1.29 is 35.4 Å². The summed E-state index contributed by atoms with van der Waals surface area (Å²) in [6, 6.07) is 8.53. The van der Waals surface area contributed by atoms with Crippen molar-refractivity contribution in [3.8, 4) is 0 Å². The van der Waals surface area contributed by atoms with Crippen molar-refractivity contribution in [1.82, 2.24) is 0 Å². The van der Waals surface area contributed by atoms with E-state index in [4.69, 9.17) is 35.4 Å². The molecule has 0 aliphatic carbocycles. The first-order valence-electron chi connectivity index (χ1n) is 9.73. The fourth-order valence-electron chi connectivity index (χ4n) is 3.37. The maximum absolute atomic E-state index is 5.57. The van der Waals surface area contributed by atoms with Crippen LogP contribution in [0.15, 0.2) is 0 Å². The van der Waals surface area contributed by atoms with E-state index in [1.165, 1.54) is 0 Å². The lowest BCUT2D eigenvalue weighted by Crippen LogP contribution is -2.40. The fourth-order valence-corrected chi connectivity index (χ4v) is 18.9. The van der Waals surface area contributed by atoms with Crippen LogP contribution in [0.1, 0.15) is 0 Å². The van der Waals surface area contributed by atoms with Gasteiger partial charge in [-0.3, -0.25) is 0 Å². The Balaban J connectivity index is 5.46. The minimum absolute atomic E-state index is 0.982. The summed E-state index contributed by atoms with van der Waals surface area (Å²) in [5, 5.41) is 0. The zero-order valence-corrected chi connectivity index (χ0v) is 24.4. The average molecular weight is 501 g/mol. The first-order valence-corrected chi connectivity index (χ1v) is 18.7. The molecule has 0 aliphatic rings. The van der Waals surface area contributed by atoms with Gasteiger partial charge in [-0.25, -0.2) is 0 Å². The van der Waals surface area contributed by atoms with Crippen LogP contribution in [0.5, 0.6) is 0 Å². The largest absolute Gasteiger partial charge is 0.397 e. The van der Waals surface area contributed by atoms with E-state index in [2.05, 4.69) is 0 Å². The molecule has 0 fully saturated rings. The third-order valence-electron chi connectivity index (χ3n) is 5.26. The van der Waals surface area contributed by atoms with Crippen molar-refractivity contribution in [2.24, 2.45) is 0 Å². The van der Waals surface area contributed by atoms with Crippen LogP contribution in [0.4, 0.5) is 0 Å². The van der Waals surface area contributed by atoms with E-state index >= 15 is 0 Å². The first kappa shape index (κ1) is 29.8. The van der Waals surface area contributed by atoms with Crippen molar-refractivity contribution in [3.63, 3.8) is 0 Å². The second kappa shape index (κ2) is 18.3. The summed E-state index contributed by atoms with van der Waals surface area (Å²) >= 11 is 0. The van der Waals surface area contributed by atoms with Crippen LogP contribution in [0, 0.1) is 0 Å². The van der Waals surface area contributed by atoms with Gasteiger partial charge in [0, 0.05) is 56.9 Å². The normalized spacial score (nSPS) is 12.8. The smallest absolute Gasteiger partial charge is 0.383 e. The van der Waals surface area contributed by atoms with Crippen LogP contribution in [0.25, 0.3) is 0 Å². The molecule has 0 aromatic carbocycles. The second-order valence-corrected chi connectivity index (χ2v) is 19.9. The highest BCUT2D eigenvalue weighted by Gasteiger charge is 2.37. The summed E-state index contributed by atoms with van der Waals surface area (Å²) in [5.41, 5.74) is 0. The molecule has 0 atom stereocenters. The monoisotopic (exact) mass is 500 g/mol. The Kier molecular flexibility index (Phi) is 18.8. The molecular formula is C16H40O8Si5. The van der Waals surface area contributed by atoms with E-state index in [9.17, 15) is 0 Å². The van der Waals surface area contributed by atoms with E-state index in [1.807, 2.05) is 0 Å². The van der Waals surface area contributed by atoms with Crippen LogP contribution in [0.2, 0.25) is 48.4 Å². The predicted molar refractivity (Wildman–Crippen MR) is 123 cm³/mol. The van der Waals surface area contributed by atoms with Crippen LogP contribution in [-0.4, -0.2) is 102 Å². The number of hydrogen-bond acceptors (Lipinski definition) is 8. The Morgan fingerprint density at radius 2 is 0.552 bits per heavy atom. The lowest BCUT2D eigenvalue weighted by atomic mass is 10.9. The summed E-state index contributed by atoms with van der Waals surface area (Å²) in [7, 11) is 7.30. The predicted octanol–water partition coefficient (Wildman–Crippen LogP) is 2.56. The van der Waals surface area contributed by atoms with Gasteiger partial charge >= 0.3 is 37.1 Å². The fraction of sp³-hybridized carbons (Fsp3) is 1.00. The molecule has 0 amide bonds. The maximum atomic E-state index is 5.57. The Labute approximate surface area is 185 Å². The zero-order chi connectivity index (χ0) is 22.1. The van der Waals surface area contributed by atoms with Gasteiger partial charge in [-0.05, 0) is 24.2 Å². The van der Waals surface area contributed by atoms with Gasteiger partial charge in [0.15, 0.2) is 0 Å². The third kappa shape index (κ3) is 12.4. The second-order valence-electron chi connectivity index (χ2n) is 6.62. The molecule has 0 unspecified atom stereocenters. The van der Waals surface area contributed by atoms with Crippen LogP contribution in [-0.2, 0) is 35.4 Å². The number of hydrogen-bond donors (Lipinski definition) is 0. The molecule has 0 N–H and O–H groups in total. The Hall–Kier alpha value is 0.764. The molecule has 29 heavy (non-hydrogen) atoms. The summed E-state index contributed by atoms with van der Waals surface area (Å²) in [4.78, 5) is 0. The van der Waals surface area contributed by atoms with E-state index in [0.717, 1.165) is 48.4 Å². The van der Waals surface area contributed by atoms with Gasteiger partial charge in [0.2, 0.25) is 0 Å². The molecule has 172 valence electrons. The molecule has 0 aromatic heterocycles. The molecule has 0 aliphatic heterocycles. The van der Waals surface area contributed by atoms with Gasteiger partial charge in [-0.15, -0.1) is 0 Å². The molecule has 0 heterocycles. The first-order chi connectivity index (χ1) is 14.0. The van der Waals surface area contributed by atoms with E-state index < -0.39 is 45.2 Å². The van der Waals surface area contributed by atoms with Gasteiger partial charge in [0.05, 0.1) is 8.07 Å². The third-order valence-corrected chi connectivity index (χ3v) is 18.8. The van der Waals surface area contributed by atoms with E-state index in [-0.39, 0.29) is 0 Å². The summed E-state index contributed by atoms with van der Waals surface area (Å²) in [6.45, 7) is 0. The Morgan fingerprint density at radius 1 is 0.379 bits per heavy atom. The van der Waals surface area contributed by atoms with E-state index in [1.54, 1.807) is 56.9 Å². The van der Waals surface area contributed by atoms with Crippen LogP contribution in [0.3, 0.4) is 0 Å². The molecule has 4 radical (unpaired) electrons. The van der Waals surface area contributed by atoms with Crippen LogP contribution < -0.4 is 0 Å². The number of rotatable bonds is 20. The summed E-state index contributed by atoms with van der Waals surface area (Å²) in [5.74, 6) is 0. The highest BCUT2D eigenvalue weighted by molar-refractivity contribution is 6.82. The van der Waals surface area contributed by atoms with Crippen molar-refractivity contribution >= 4 is 45.2 Å². The zero-order valence-electron chi connectivity index (χ0n) is 19.4. The molecule has 13 heteroatoms. The van der Waals surface area contributed by atoms with Gasteiger partial charge in [-0.1, -0.05) is 24.2 Å². The maximum Gasteiger partial charge on any atom is 0.383 e. The van der Waals surface area contributed by atoms with Crippen molar-refractivity contribution in [2.45, 2.75) is 48.4 Å². The summed E-state index contributed by atoms with van der Waals surface area (Å²) < 4.78 is 44.6. The molecule has 0 rings (SSSR count). The molecule has 8 nitrogen and oxygen atoms in total. The topological polar surface area (TPSA) is 73.8 Å². The highest BCUT2D eigenvalue weighted by Crippen LogP contribution is 2.35. The summed E-state index contributed by atoms with van der Waals surface area (Å²) in [6.07, 6.45) is 0. The molecule has 0 bridgehead atoms. The van der Waals surface area contributed by atoms with Gasteiger partial charge in [-0.2, -0.15) is 0 Å². The molecule has 0 aromatic rings. The SMILES string of the molecule is CO[Si](CC[Si](CC[Si](OC)OC)(CC[Si](OC)OC)CC[Si](OC)OC)OC. The quantitative estimate of drug-likeness (QED) is 0.236. The molecular weight excluding hydrogens is 461 g/mol. The Bertz CT molecular complexity index is 300. The van der Waals surface area contributed by atoms with Crippen LogP contribution >= 0.6 is 0 Å². The standard InChI is InChI=1S/C16H40O8Si5/c1-17-25(18-2)9-13-29(14-10-26(19-3)20-4,15-11-27(21-5)22-6)16-12-28(23-7)24-8/h9-16H2,1-8H3. The molecule has 0 saturated heterocycles. The average Bonchev–Trinajstić information content (AvgIpc) is 2.76. The minimum atomic E-state index is -1.71.